The number of hydrogen-bond acceptors (Lipinski definition) is 2. The third-order valence-electron chi connectivity index (χ3n) is 3.77. The van der Waals surface area contributed by atoms with Gasteiger partial charge in [0, 0.05) is 5.69 Å². The van der Waals surface area contributed by atoms with E-state index in [2.05, 4.69) is 36.5 Å². The zero-order valence-electron chi connectivity index (χ0n) is 13.0. The van der Waals surface area contributed by atoms with E-state index >= 15 is 0 Å². The molecule has 22 heavy (non-hydrogen) atoms. The van der Waals surface area contributed by atoms with Crippen molar-refractivity contribution < 1.29 is 9.90 Å². The first-order valence-corrected chi connectivity index (χ1v) is 7.85. The molecule has 0 saturated carbocycles. The van der Waals surface area contributed by atoms with Crippen LogP contribution in [0.15, 0.2) is 54.6 Å². The van der Waals surface area contributed by atoms with Crippen molar-refractivity contribution in [3.8, 4) is 0 Å². The first-order chi connectivity index (χ1) is 10.7. The molecule has 0 amide bonds. The fourth-order valence-corrected chi connectivity index (χ4v) is 2.52. The van der Waals surface area contributed by atoms with Gasteiger partial charge in [-0.2, -0.15) is 0 Å². The molecule has 0 aliphatic heterocycles. The van der Waals surface area contributed by atoms with Gasteiger partial charge in [-0.25, -0.2) is 4.79 Å². The van der Waals surface area contributed by atoms with Gasteiger partial charge in [0.1, 0.15) is 0 Å². The maximum atomic E-state index is 10.9. The Kier molecular flexibility index (Phi) is 6.01. The fraction of sp³-hybridized carbons (Fsp3) is 0.316. The van der Waals surface area contributed by atoms with Crippen LogP contribution in [0.5, 0.6) is 0 Å². The van der Waals surface area contributed by atoms with Crippen LogP contribution in [0, 0.1) is 0 Å². The zero-order valence-corrected chi connectivity index (χ0v) is 13.0. The number of rotatable bonds is 8. The number of carboxylic acid groups (broad SMARTS) is 1. The van der Waals surface area contributed by atoms with Crippen molar-refractivity contribution >= 4 is 11.7 Å². The molecule has 0 spiro atoms. The molecule has 0 radical (unpaired) electrons. The minimum absolute atomic E-state index is 0.253. The number of unbranched alkanes of at least 4 members (excludes halogenated alkanes) is 2. The summed E-state index contributed by atoms with van der Waals surface area (Å²) in [6, 6.07) is 17.6. The maximum Gasteiger partial charge on any atom is 0.335 e. The summed E-state index contributed by atoms with van der Waals surface area (Å²) < 4.78 is 0. The summed E-state index contributed by atoms with van der Waals surface area (Å²) in [5, 5.41) is 12.5. The van der Waals surface area contributed by atoms with Gasteiger partial charge in [0.15, 0.2) is 0 Å². The van der Waals surface area contributed by atoms with E-state index in [0.717, 1.165) is 12.1 Å². The standard InChI is InChI=1S/C19H23NO2/c1-2-3-5-10-18(15-8-6-4-7-9-15)20-17-13-11-16(12-14-17)19(21)22/h4,6-9,11-14,18,20H,2-3,5,10H2,1H3,(H,21,22). The predicted octanol–water partition coefficient (Wildman–Crippen LogP) is 5.12. The molecule has 1 unspecified atom stereocenters. The fourth-order valence-electron chi connectivity index (χ4n) is 2.52. The Morgan fingerprint density at radius 1 is 1.05 bits per heavy atom. The molecule has 3 heteroatoms. The Morgan fingerprint density at radius 3 is 2.32 bits per heavy atom. The number of aromatic carboxylic acids is 1. The van der Waals surface area contributed by atoms with E-state index < -0.39 is 5.97 Å². The van der Waals surface area contributed by atoms with Gasteiger partial charge >= 0.3 is 5.97 Å². The minimum atomic E-state index is -0.894. The number of benzene rings is 2. The third kappa shape index (κ3) is 4.62. The lowest BCUT2D eigenvalue weighted by Gasteiger charge is -2.20. The van der Waals surface area contributed by atoms with Crippen molar-refractivity contribution in [2.75, 3.05) is 5.32 Å². The van der Waals surface area contributed by atoms with Gasteiger partial charge in [-0.15, -0.1) is 0 Å². The van der Waals surface area contributed by atoms with E-state index in [-0.39, 0.29) is 6.04 Å². The average Bonchev–Trinajstić information content (AvgIpc) is 2.55. The summed E-state index contributed by atoms with van der Waals surface area (Å²) in [6.45, 7) is 2.20. The topological polar surface area (TPSA) is 49.3 Å². The van der Waals surface area contributed by atoms with Crippen LogP contribution in [0.3, 0.4) is 0 Å². The Balaban J connectivity index is 2.09. The molecule has 0 bridgehead atoms. The van der Waals surface area contributed by atoms with Crippen molar-refractivity contribution in [2.45, 2.75) is 38.6 Å². The van der Waals surface area contributed by atoms with Crippen LogP contribution in [0.4, 0.5) is 5.69 Å². The van der Waals surface area contributed by atoms with Crippen molar-refractivity contribution in [1.29, 1.82) is 0 Å². The summed E-state index contributed by atoms with van der Waals surface area (Å²) in [7, 11) is 0. The highest BCUT2D eigenvalue weighted by Crippen LogP contribution is 2.25. The maximum absolute atomic E-state index is 10.9. The van der Waals surface area contributed by atoms with E-state index in [9.17, 15) is 4.79 Å². The molecule has 0 saturated heterocycles. The Bertz CT molecular complexity index is 578. The van der Waals surface area contributed by atoms with Crippen LogP contribution >= 0.6 is 0 Å². The number of carboxylic acids is 1. The lowest BCUT2D eigenvalue weighted by atomic mass is 10.00. The summed E-state index contributed by atoms with van der Waals surface area (Å²) >= 11 is 0. The summed E-state index contributed by atoms with van der Waals surface area (Å²) in [5.74, 6) is -0.894. The summed E-state index contributed by atoms with van der Waals surface area (Å²) in [6.07, 6.45) is 4.67. The third-order valence-corrected chi connectivity index (χ3v) is 3.77. The van der Waals surface area contributed by atoms with Gasteiger partial charge in [-0.1, -0.05) is 56.5 Å². The number of nitrogens with one attached hydrogen (secondary N) is 1. The van der Waals surface area contributed by atoms with Crippen LogP contribution in [0.1, 0.15) is 54.6 Å². The van der Waals surface area contributed by atoms with Crippen molar-refractivity contribution in [3.63, 3.8) is 0 Å². The molecule has 0 fully saturated rings. The van der Waals surface area contributed by atoms with E-state index in [4.69, 9.17) is 5.11 Å². The SMILES string of the molecule is CCCCCC(Nc1ccc(C(=O)O)cc1)c1ccccc1. The molecule has 0 heterocycles. The Morgan fingerprint density at radius 2 is 1.73 bits per heavy atom. The molecule has 116 valence electrons. The first kappa shape index (κ1) is 16.1. The van der Waals surface area contributed by atoms with E-state index in [1.165, 1.54) is 24.8 Å². The van der Waals surface area contributed by atoms with Crippen LogP contribution in [0.2, 0.25) is 0 Å². The second-order valence-corrected chi connectivity index (χ2v) is 5.49. The predicted molar refractivity (Wildman–Crippen MR) is 90.3 cm³/mol. The molecular weight excluding hydrogens is 274 g/mol. The van der Waals surface area contributed by atoms with Gasteiger partial charge in [0.2, 0.25) is 0 Å². The summed E-state index contributed by atoms with van der Waals surface area (Å²) in [4.78, 5) is 10.9. The Labute approximate surface area is 132 Å². The van der Waals surface area contributed by atoms with Crippen molar-refractivity contribution in [2.24, 2.45) is 0 Å². The molecule has 0 aromatic heterocycles. The monoisotopic (exact) mass is 297 g/mol. The lowest BCUT2D eigenvalue weighted by Crippen LogP contribution is -2.11. The normalized spacial score (nSPS) is 11.9. The highest BCUT2D eigenvalue weighted by Gasteiger charge is 2.11. The van der Waals surface area contributed by atoms with Gasteiger partial charge in [-0.05, 0) is 36.2 Å². The first-order valence-electron chi connectivity index (χ1n) is 7.85. The second-order valence-electron chi connectivity index (χ2n) is 5.49. The van der Waals surface area contributed by atoms with Gasteiger partial charge in [-0.3, -0.25) is 0 Å². The summed E-state index contributed by atoms with van der Waals surface area (Å²) in [5.41, 5.74) is 2.53. The quantitative estimate of drug-likeness (QED) is 0.665. The number of carbonyl (C=O) groups is 1. The smallest absolute Gasteiger partial charge is 0.335 e. The van der Waals surface area contributed by atoms with Crippen molar-refractivity contribution in [1.82, 2.24) is 0 Å². The van der Waals surface area contributed by atoms with Crippen LogP contribution in [-0.2, 0) is 0 Å². The number of hydrogen-bond donors (Lipinski definition) is 2. The second kappa shape index (κ2) is 8.23. The average molecular weight is 297 g/mol. The highest BCUT2D eigenvalue weighted by atomic mass is 16.4. The number of anilines is 1. The van der Waals surface area contributed by atoms with E-state index in [1.807, 2.05) is 18.2 Å². The molecule has 0 aliphatic rings. The molecule has 0 aliphatic carbocycles. The molecule has 1 atom stereocenters. The minimum Gasteiger partial charge on any atom is -0.478 e. The van der Waals surface area contributed by atoms with Crippen molar-refractivity contribution in [3.05, 3.63) is 65.7 Å². The van der Waals surface area contributed by atoms with Gasteiger partial charge in [0.25, 0.3) is 0 Å². The van der Waals surface area contributed by atoms with Gasteiger partial charge in [0.05, 0.1) is 11.6 Å². The van der Waals surface area contributed by atoms with Crippen LogP contribution in [0.25, 0.3) is 0 Å². The van der Waals surface area contributed by atoms with E-state index in [0.29, 0.717) is 5.56 Å². The lowest BCUT2D eigenvalue weighted by molar-refractivity contribution is 0.0697. The largest absolute Gasteiger partial charge is 0.478 e. The van der Waals surface area contributed by atoms with Gasteiger partial charge < -0.3 is 10.4 Å². The highest BCUT2D eigenvalue weighted by molar-refractivity contribution is 5.88. The van der Waals surface area contributed by atoms with E-state index in [1.54, 1.807) is 12.1 Å². The van der Waals surface area contributed by atoms with Crippen LogP contribution < -0.4 is 5.32 Å². The molecule has 2 N–H and O–H groups in total. The molecule has 2 aromatic rings. The molecule has 2 rings (SSSR count). The van der Waals surface area contributed by atoms with Crippen LogP contribution in [-0.4, -0.2) is 11.1 Å². The molecular formula is C19H23NO2. The Hall–Kier alpha value is -2.29. The molecule has 2 aromatic carbocycles. The zero-order chi connectivity index (χ0) is 15.8. The molecule has 3 nitrogen and oxygen atoms in total.